The second kappa shape index (κ2) is 15.4. The number of fused-ring (bicyclic) bond motifs is 19. The molecule has 0 saturated carbocycles. The molecule has 0 atom stereocenters. The van der Waals surface area contributed by atoms with Crippen molar-refractivity contribution < 1.29 is 13.3 Å². The van der Waals surface area contributed by atoms with Gasteiger partial charge in [-0.1, -0.05) is 182 Å². The van der Waals surface area contributed by atoms with Gasteiger partial charge in [0, 0.05) is 49.0 Å². The zero-order valence-electron chi connectivity index (χ0n) is 40.6. The van der Waals surface area contributed by atoms with E-state index < -0.39 is 5.41 Å². The van der Waals surface area contributed by atoms with E-state index in [0.29, 0.717) is 17.5 Å². The third-order valence-corrected chi connectivity index (χ3v) is 16.2. The largest absolute Gasteiger partial charge is 0.456 e. The Morgan fingerprint density at radius 2 is 0.671 bits per heavy atom. The maximum Gasteiger partial charge on any atom is 0.164 e. The molecule has 2 aliphatic rings. The van der Waals surface area contributed by atoms with Gasteiger partial charge in [0.1, 0.15) is 33.5 Å². The Morgan fingerprint density at radius 1 is 0.250 bits per heavy atom. The Hall–Kier alpha value is -10.2. The summed E-state index contributed by atoms with van der Waals surface area (Å²) in [5, 5.41) is 5.90. The first kappa shape index (κ1) is 41.3. The van der Waals surface area contributed by atoms with E-state index in [0.717, 1.165) is 93.6 Å². The van der Waals surface area contributed by atoms with Crippen molar-refractivity contribution in [2.24, 2.45) is 0 Å². The smallest absolute Gasteiger partial charge is 0.164 e. The van der Waals surface area contributed by atoms with Crippen molar-refractivity contribution in [2.75, 3.05) is 0 Å². The number of rotatable bonds is 5. The molecule has 0 aliphatic heterocycles. The van der Waals surface area contributed by atoms with Crippen LogP contribution in [0.5, 0.6) is 0 Å². The molecule has 76 heavy (non-hydrogen) atoms. The third-order valence-electron chi connectivity index (χ3n) is 16.2. The van der Waals surface area contributed by atoms with E-state index in [4.69, 9.17) is 28.2 Å². The van der Waals surface area contributed by atoms with Crippen LogP contribution in [0.25, 0.3) is 144 Å². The molecule has 17 rings (SSSR count). The quantitative estimate of drug-likeness (QED) is 0.171. The molecule has 0 saturated heterocycles. The number of furan rings is 3. The number of aromatic nitrogens is 3. The molecular weight excluding hydrogens is 931 g/mol. The van der Waals surface area contributed by atoms with Crippen molar-refractivity contribution in [3.05, 3.63) is 259 Å². The standard InChI is InChI=1S/C70H39N3O3/c1-6-22-54-45(14-1)46-15-2-7-23-55(46)70(54)56-24-8-3-17-48(56)64-44(19-11-25-57(64)70)41-32-30-40(31-33-41)42-34-36-61-53(38-42)66-51(21-13-29-63(66)76-61)69-72-67(43-35-37-60-52(39-43)47-16-4-9-26-58(47)74-60)71-68(73-69)50-20-12-28-62-65(50)49-18-5-10-27-59(49)75-62/h1-39H. The van der Waals surface area contributed by atoms with E-state index in [1.807, 2.05) is 72.8 Å². The summed E-state index contributed by atoms with van der Waals surface area (Å²) >= 11 is 0. The number of para-hydroxylation sites is 2. The van der Waals surface area contributed by atoms with E-state index in [1.165, 1.54) is 55.6 Å². The average Bonchev–Trinajstić information content (AvgIpc) is 3.97. The summed E-state index contributed by atoms with van der Waals surface area (Å²) in [5.74, 6) is 1.62. The Morgan fingerprint density at radius 3 is 1.37 bits per heavy atom. The van der Waals surface area contributed by atoms with Crippen molar-refractivity contribution in [3.8, 4) is 78.7 Å². The maximum atomic E-state index is 6.65. The van der Waals surface area contributed by atoms with Gasteiger partial charge in [-0.05, 0) is 121 Å². The van der Waals surface area contributed by atoms with Crippen LogP contribution < -0.4 is 0 Å². The minimum absolute atomic E-state index is 0.395. The normalized spacial score (nSPS) is 13.1. The molecule has 1 spiro atoms. The Kier molecular flexibility index (Phi) is 8.39. The van der Waals surface area contributed by atoms with Gasteiger partial charge in [-0.3, -0.25) is 0 Å². The van der Waals surface area contributed by atoms with Crippen molar-refractivity contribution in [1.82, 2.24) is 15.0 Å². The van der Waals surface area contributed by atoms with Gasteiger partial charge in [0.25, 0.3) is 0 Å². The third kappa shape index (κ3) is 5.67. The van der Waals surface area contributed by atoms with E-state index in [-0.39, 0.29) is 0 Å². The van der Waals surface area contributed by atoms with Crippen molar-refractivity contribution in [2.45, 2.75) is 5.41 Å². The highest BCUT2D eigenvalue weighted by molar-refractivity contribution is 6.14. The molecule has 2 aliphatic carbocycles. The predicted octanol–water partition coefficient (Wildman–Crippen LogP) is 18.2. The highest BCUT2D eigenvalue weighted by Crippen LogP contribution is 2.64. The van der Waals surface area contributed by atoms with Crippen LogP contribution in [0.15, 0.2) is 250 Å². The molecule has 11 aromatic carbocycles. The highest BCUT2D eigenvalue weighted by atomic mass is 16.3. The molecule has 6 heteroatoms. The van der Waals surface area contributed by atoms with Crippen molar-refractivity contribution in [1.29, 1.82) is 0 Å². The molecule has 6 nitrogen and oxygen atoms in total. The van der Waals surface area contributed by atoms with Crippen molar-refractivity contribution >= 4 is 65.8 Å². The molecule has 0 radical (unpaired) electrons. The monoisotopic (exact) mass is 969 g/mol. The summed E-state index contributed by atoms with van der Waals surface area (Å²) < 4.78 is 19.3. The van der Waals surface area contributed by atoms with E-state index in [1.54, 1.807) is 0 Å². The molecule has 352 valence electrons. The van der Waals surface area contributed by atoms with Gasteiger partial charge in [-0.15, -0.1) is 0 Å². The average molecular weight is 970 g/mol. The van der Waals surface area contributed by atoms with Crippen LogP contribution in [0.2, 0.25) is 0 Å². The number of nitrogens with zero attached hydrogens (tertiary/aromatic N) is 3. The molecule has 0 unspecified atom stereocenters. The summed E-state index contributed by atoms with van der Waals surface area (Å²) in [7, 11) is 0. The minimum Gasteiger partial charge on any atom is -0.456 e. The lowest BCUT2D eigenvalue weighted by atomic mass is 9.70. The van der Waals surface area contributed by atoms with Gasteiger partial charge in [-0.2, -0.15) is 0 Å². The second-order valence-electron chi connectivity index (χ2n) is 20.1. The van der Waals surface area contributed by atoms with Crippen LogP contribution in [0, 0.1) is 0 Å². The summed E-state index contributed by atoms with van der Waals surface area (Å²) in [6.45, 7) is 0. The van der Waals surface area contributed by atoms with Crippen molar-refractivity contribution in [3.63, 3.8) is 0 Å². The Balaban J connectivity index is 0.808. The van der Waals surface area contributed by atoms with Crippen LogP contribution >= 0.6 is 0 Å². The molecule has 0 bridgehead atoms. The number of hydrogen-bond acceptors (Lipinski definition) is 6. The predicted molar refractivity (Wildman–Crippen MR) is 305 cm³/mol. The number of hydrogen-bond donors (Lipinski definition) is 0. The van der Waals surface area contributed by atoms with Crippen LogP contribution in [0.3, 0.4) is 0 Å². The fourth-order valence-corrected chi connectivity index (χ4v) is 13.0. The molecule has 4 heterocycles. The lowest BCUT2D eigenvalue weighted by Gasteiger charge is -2.30. The highest BCUT2D eigenvalue weighted by Gasteiger charge is 2.52. The van der Waals surface area contributed by atoms with E-state index in [2.05, 4.69) is 164 Å². The minimum atomic E-state index is -0.395. The second-order valence-corrected chi connectivity index (χ2v) is 20.1. The molecule has 15 aromatic rings. The Labute approximate surface area is 434 Å². The molecule has 4 aromatic heterocycles. The van der Waals surface area contributed by atoms with Gasteiger partial charge < -0.3 is 13.3 Å². The molecular formula is C70H39N3O3. The van der Waals surface area contributed by atoms with Crippen LogP contribution in [-0.4, -0.2) is 15.0 Å². The fraction of sp³-hybridized carbons (Fsp3) is 0.0143. The first-order chi connectivity index (χ1) is 37.7. The summed E-state index contributed by atoms with van der Waals surface area (Å²) in [6, 6.07) is 84.0. The fourth-order valence-electron chi connectivity index (χ4n) is 13.0. The first-order valence-electron chi connectivity index (χ1n) is 25.7. The van der Waals surface area contributed by atoms with Crippen LogP contribution in [-0.2, 0) is 5.41 Å². The Bertz CT molecular complexity index is 4910. The van der Waals surface area contributed by atoms with Crippen LogP contribution in [0.4, 0.5) is 0 Å². The first-order valence-corrected chi connectivity index (χ1v) is 25.7. The summed E-state index contributed by atoms with van der Waals surface area (Å²) in [6.07, 6.45) is 0. The van der Waals surface area contributed by atoms with Gasteiger partial charge in [0.05, 0.1) is 5.41 Å². The van der Waals surface area contributed by atoms with Gasteiger partial charge in [-0.25, -0.2) is 15.0 Å². The zero-order chi connectivity index (χ0) is 49.6. The van der Waals surface area contributed by atoms with Gasteiger partial charge in [0.15, 0.2) is 17.5 Å². The number of benzene rings is 11. The maximum absolute atomic E-state index is 6.65. The van der Waals surface area contributed by atoms with E-state index in [9.17, 15) is 0 Å². The summed E-state index contributed by atoms with van der Waals surface area (Å²) in [5.41, 5.74) is 22.0. The molecule has 0 amide bonds. The zero-order valence-corrected chi connectivity index (χ0v) is 40.6. The van der Waals surface area contributed by atoms with Gasteiger partial charge in [0.2, 0.25) is 0 Å². The lowest BCUT2D eigenvalue weighted by Crippen LogP contribution is -2.25. The van der Waals surface area contributed by atoms with Gasteiger partial charge >= 0.3 is 0 Å². The van der Waals surface area contributed by atoms with E-state index >= 15 is 0 Å². The van der Waals surface area contributed by atoms with Crippen LogP contribution in [0.1, 0.15) is 22.3 Å². The molecule has 0 N–H and O–H groups in total. The lowest BCUT2D eigenvalue weighted by molar-refractivity contribution is 0.668. The topological polar surface area (TPSA) is 78.1 Å². The SMILES string of the molecule is c1ccc2c(c1)-c1ccccc1C21c2ccccc2-c2c(-c3ccc(-c4ccc5oc6cccc(-c7nc(-c8ccc9oc%10ccccc%10c9c8)nc(-c8cccc9oc%10ccccc%10c89)n7)c6c5c4)cc3)cccc21. The summed E-state index contributed by atoms with van der Waals surface area (Å²) in [4.78, 5) is 15.9. The molecule has 0 fully saturated rings.